The lowest BCUT2D eigenvalue weighted by Gasteiger charge is -2.26. The summed E-state index contributed by atoms with van der Waals surface area (Å²) >= 11 is 0. The minimum absolute atomic E-state index is 0.175. The van der Waals surface area contributed by atoms with E-state index in [0.29, 0.717) is 32.2 Å². The van der Waals surface area contributed by atoms with Crippen LogP contribution in [0.1, 0.15) is 52.7 Å². The topological polar surface area (TPSA) is 64.4 Å². The Balaban J connectivity index is 1.29. The molecular weight excluding hydrogens is 486 g/mol. The monoisotopic (exact) mass is 523 g/mol. The highest BCUT2D eigenvalue weighted by molar-refractivity contribution is 6.08. The largest absolute Gasteiger partial charge is 0.379 e. The summed E-state index contributed by atoms with van der Waals surface area (Å²) < 4.78 is 7.60. The first kappa shape index (κ1) is 27.0. The van der Waals surface area contributed by atoms with Gasteiger partial charge in [-0.05, 0) is 60.7 Å². The molecule has 6 nitrogen and oxygen atoms in total. The van der Waals surface area contributed by atoms with Crippen molar-refractivity contribution in [1.29, 1.82) is 0 Å². The van der Waals surface area contributed by atoms with Gasteiger partial charge in [0.15, 0.2) is 5.78 Å². The lowest BCUT2D eigenvalue weighted by Crippen LogP contribution is -2.36. The van der Waals surface area contributed by atoms with Crippen molar-refractivity contribution < 1.29 is 14.3 Å². The van der Waals surface area contributed by atoms with Crippen molar-refractivity contribution >= 4 is 22.5 Å². The number of fused-ring (bicyclic) bond motifs is 1. The Morgan fingerprint density at radius 1 is 0.872 bits per heavy atom. The van der Waals surface area contributed by atoms with Crippen LogP contribution in [0.3, 0.4) is 0 Å². The third-order valence-electron chi connectivity index (χ3n) is 7.49. The molecule has 5 rings (SSSR count). The molecule has 6 heteroatoms. The molecule has 0 atom stereocenters. The van der Waals surface area contributed by atoms with Gasteiger partial charge in [-0.25, -0.2) is 0 Å². The third kappa shape index (κ3) is 7.49. The molecule has 1 aliphatic heterocycles. The molecule has 0 spiro atoms. The number of rotatable bonds is 13. The van der Waals surface area contributed by atoms with Crippen LogP contribution in [-0.2, 0) is 28.9 Å². The summed E-state index contributed by atoms with van der Waals surface area (Å²) in [6.07, 6.45) is 9.51. The molecular formula is C33H37N3O3. The van der Waals surface area contributed by atoms with Crippen molar-refractivity contribution in [2.24, 2.45) is 0 Å². The lowest BCUT2D eigenvalue weighted by molar-refractivity contribution is -0.118. The van der Waals surface area contributed by atoms with E-state index in [4.69, 9.17) is 4.74 Å². The van der Waals surface area contributed by atoms with Gasteiger partial charge in [0.25, 0.3) is 0 Å². The number of benzene rings is 2. The van der Waals surface area contributed by atoms with E-state index < -0.39 is 0 Å². The Morgan fingerprint density at radius 3 is 2.49 bits per heavy atom. The van der Waals surface area contributed by atoms with Crippen molar-refractivity contribution in [3.63, 3.8) is 0 Å². The molecule has 0 aliphatic carbocycles. The molecule has 3 heterocycles. The van der Waals surface area contributed by atoms with Crippen LogP contribution in [0.15, 0.2) is 79.3 Å². The normalized spacial score (nSPS) is 14.1. The van der Waals surface area contributed by atoms with Gasteiger partial charge in [-0.15, -0.1) is 0 Å². The number of aromatic nitrogens is 2. The van der Waals surface area contributed by atoms with Crippen molar-refractivity contribution in [2.75, 3.05) is 32.8 Å². The van der Waals surface area contributed by atoms with E-state index >= 15 is 0 Å². The average molecular weight is 524 g/mol. The van der Waals surface area contributed by atoms with E-state index in [1.807, 2.05) is 48.8 Å². The number of pyridine rings is 1. The molecule has 2 aromatic carbocycles. The fourth-order valence-electron chi connectivity index (χ4n) is 5.31. The second-order valence-corrected chi connectivity index (χ2v) is 10.4. The number of hydrogen-bond donors (Lipinski definition) is 0. The number of aryl methyl sites for hydroxylation is 1. The lowest BCUT2D eigenvalue weighted by atomic mass is 9.99. The van der Waals surface area contributed by atoms with Gasteiger partial charge in [0.2, 0.25) is 0 Å². The van der Waals surface area contributed by atoms with Gasteiger partial charge in [0, 0.05) is 74.0 Å². The minimum atomic E-state index is 0.175. The number of morpholine rings is 1. The maximum absolute atomic E-state index is 13.4. The molecule has 0 N–H and O–H groups in total. The number of hydrogen-bond acceptors (Lipinski definition) is 5. The number of carbonyl (C=O) groups excluding carboxylic acids is 2. The molecule has 202 valence electrons. The van der Waals surface area contributed by atoms with Crippen LogP contribution in [0.5, 0.6) is 0 Å². The minimum Gasteiger partial charge on any atom is -0.379 e. The zero-order valence-corrected chi connectivity index (χ0v) is 22.6. The van der Waals surface area contributed by atoms with Crippen molar-refractivity contribution in [2.45, 2.75) is 45.1 Å². The highest BCUT2D eigenvalue weighted by Crippen LogP contribution is 2.26. The molecule has 1 saturated heterocycles. The zero-order chi connectivity index (χ0) is 26.9. The Labute approximate surface area is 230 Å². The molecule has 0 amide bonds. The van der Waals surface area contributed by atoms with E-state index in [2.05, 4.69) is 38.7 Å². The van der Waals surface area contributed by atoms with E-state index in [1.54, 1.807) is 6.20 Å². The number of unbranched alkanes of at least 4 members (excludes halogenated alkanes) is 1. The SMILES string of the molecule is O=C(CCc1cccnc1)Cc1ccc2c(c1)c(C(=O)CCCCN1CCOCC1)cn2Cc1ccccc1. The molecule has 2 aromatic heterocycles. The molecule has 4 aromatic rings. The molecule has 0 unspecified atom stereocenters. The standard InChI is InChI=1S/C33H37N3O3/c37-29(13-11-26-9-6-15-34-23-26)21-28-12-14-32-30(22-28)31(25-36(32)24-27-7-2-1-3-8-27)33(38)10-4-5-16-35-17-19-39-20-18-35/h1-3,6-9,12,14-15,22-23,25H,4-5,10-11,13,16-21,24H2. The predicted octanol–water partition coefficient (Wildman–Crippen LogP) is 5.51. The number of Topliss-reactive ketones (excluding diaryl/α,β-unsaturated/α-hetero) is 2. The second kappa shape index (κ2) is 13.5. The summed E-state index contributed by atoms with van der Waals surface area (Å²) in [5.41, 5.74) is 5.01. The van der Waals surface area contributed by atoms with Crippen molar-refractivity contribution in [3.05, 3.63) is 102 Å². The van der Waals surface area contributed by atoms with Gasteiger partial charge in [-0.3, -0.25) is 19.5 Å². The first-order chi connectivity index (χ1) is 19.2. The number of ether oxygens (including phenoxy) is 1. The zero-order valence-electron chi connectivity index (χ0n) is 22.6. The number of carbonyl (C=O) groups is 2. The number of nitrogens with zero attached hydrogens (tertiary/aromatic N) is 3. The van der Waals surface area contributed by atoms with Gasteiger partial charge < -0.3 is 9.30 Å². The van der Waals surface area contributed by atoms with Crippen LogP contribution in [0.25, 0.3) is 10.9 Å². The van der Waals surface area contributed by atoms with Crippen LogP contribution >= 0.6 is 0 Å². The van der Waals surface area contributed by atoms with E-state index in [-0.39, 0.29) is 11.6 Å². The molecule has 1 aliphatic rings. The predicted molar refractivity (Wildman–Crippen MR) is 154 cm³/mol. The number of ketones is 2. The van der Waals surface area contributed by atoms with Crippen LogP contribution in [0.2, 0.25) is 0 Å². The first-order valence-corrected chi connectivity index (χ1v) is 14.1. The molecule has 0 radical (unpaired) electrons. The summed E-state index contributed by atoms with van der Waals surface area (Å²) in [7, 11) is 0. The summed E-state index contributed by atoms with van der Waals surface area (Å²) in [6, 6.07) is 20.4. The Hall–Kier alpha value is -3.61. The van der Waals surface area contributed by atoms with Gasteiger partial charge in [0.1, 0.15) is 5.78 Å². The second-order valence-electron chi connectivity index (χ2n) is 10.4. The fourth-order valence-corrected chi connectivity index (χ4v) is 5.31. The third-order valence-corrected chi connectivity index (χ3v) is 7.49. The molecule has 0 saturated carbocycles. The summed E-state index contributed by atoms with van der Waals surface area (Å²) in [5, 5.41) is 0.946. The van der Waals surface area contributed by atoms with Gasteiger partial charge in [-0.1, -0.05) is 42.5 Å². The smallest absolute Gasteiger partial charge is 0.165 e. The summed E-state index contributed by atoms with van der Waals surface area (Å²) in [4.78, 5) is 32.8. The van der Waals surface area contributed by atoms with Gasteiger partial charge >= 0.3 is 0 Å². The average Bonchev–Trinajstić information content (AvgIpc) is 3.33. The van der Waals surface area contributed by atoms with Gasteiger partial charge in [0.05, 0.1) is 13.2 Å². The molecule has 39 heavy (non-hydrogen) atoms. The van der Waals surface area contributed by atoms with Crippen LogP contribution in [-0.4, -0.2) is 58.9 Å². The molecule has 1 fully saturated rings. The van der Waals surface area contributed by atoms with Crippen LogP contribution < -0.4 is 0 Å². The Bertz CT molecular complexity index is 1380. The molecule has 0 bridgehead atoms. The quantitative estimate of drug-likeness (QED) is 0.171. The highest BCUT2D eigenvalue weighted by Gasteiger charge is 2.17. The van der Waals surface area contributed by atoms with Crippen molar-refractivity contribution in [3.8, 4) is 0 Å². The Kier molecular flexibility index (Phi) is 9.30. The van der Waals surface area contributed by atoms with E-state index in [0.717, 1.165) is 73.3 Å². The van der Waals surface area contributed by atoms with E-state index in [1.165, 1.54) is 5.56 Å². The Morgan fingerprint density at radius 2 is 1.69 bits per heavy atom. The summed E-state index contributed by atoms with van der Waals surface area (Å²) in [5.74, 6) is 0.367. The van der Waals surface area contributed by atoms with Gasteiger partial charge in [-0.2, -0.15) is 0 Å². The van der Waals surface area contributed by atoms with Crippen LogP contribution in [0.4, 0.5) is 0 Å². The highest BCUT2D eigenvalue weighted by atomic mass is 16.5. The van der Waals surface area contributed by atoms with Crippen LogP contribution in [0, 0.1) is 0 Å². The summed E-state index contributed by atoms with van der Waals surface area (Å²) in [6.45, 7) is 5.26. The van der Waals surface area contributed by atoms with E-state index in [9.17, 15) is 9.59 Å². The maximum Gasteiger partial charge on any atom is 0.165 e. The first-order valence-electron chi connectivity index (χ1n) is 14.1. The maximum atomic E-state index is 13.4. The van der Waals surface area contributed by atoms with Crippen molar-refractivity contribution in [1.82, 2.24) is 14.5 Å². The fraction of sp³-hybridized carbons (Fsp3) is 0.364.